The van der Waals surface area contributed by atoms with Gasteiger partial charge in [0.2, 0.25) is 0 Å². The molecule has 4 aliphatic carbocycles. The van der Waals surface area contributed by atoms with Crippen molar-refractivity contribution >= 4 is 36.4 Å². The molecule has 2 aromatic carbocycles. The van der Waals surface area contributed by atoms with Crippen molar-refractivity contribution in [1.29, 1.82) is 0 Å². The third-order valence-electron chi connectivity index (χ3n) is 12.5. The largest absolute Gasteiger partial charge is 0.298 e. The van der Waals surface area contributed by atoms with E-state index in [1.807, 2.05) is 0 Å². The third kappa shape index (κ3) is 7.52. The number of rotatable bonds is 14. The molecule has 0 unspecified atom stereocenters. The van der Waals surface area contributed by atoms with Gasteiger partial charge in [0, 0.05) is 53.4 Å². The number of Topliss-reactive ketones (excluding diaryl/α,β-unsaturated/α-hetero) is 1. The molecular formula is C44H41F6N5O5S2. The molecule has 0 N–H and O–H groups in total. The van der Waals surface area contributed by atoms with E-state index in [1.165, 1.54) is 18.5 Å². The molecule has 0 bridgehead atoms. The number of ketones is 1. The highest BCUT2D eigenvalue weighted by Crippen LogP contribution is 2.68. The molecular weight excluding hydrogens is 857 g/mol. The first kappa shape index (κ1) is 42.3. The van der Waals surface area contributed by atoms with Crippen molar-refractivity contribution in [3.63, 3.8) is 0 Å². The van der Waals surface area contributed by atoms with Crippen LogP contribution in [0.15, 0.2) is 48.5 Å². The topological polar surface area (TPSA) is 134 Å². The predicted octanol–water partition coefficient (Wildman–Crippen LogP) is 8.03. The Kier molecular flexibility index (Phi) is 10.1. The van der Waals surface area contributed by atoms with E-state index in [9.17, 15) is 39.2 Å². The minimum Gasteiger partial charge on any atom is -0.298 e. The first-order chi connectivity index (χ1) is 29.2. The number of benzene rings is 2. The lowest BCUT2D eigenvalue weighted by molar-refractivity contribution is -0.120. The summed E-state index contributed by atoms with van der Waals surface area (Å²) in [6.45, 7) is 2.17. The Morgan fingerprint density at radius 3 is 2.29 bits per heavy atom. The number of nitrogens with zero attached hydrogens (tertiary/aromatic N) is 5. The fraction of sp³-hybridized carbons (Fsp3) is 0.455. The summed E-state index contributed by atoms with van der Waals surface area (Å²) in [5, 5.41) is 7.97. The number of fused-ring (bicyclic) bond motifs is 4. The molecule has 0 radical (unpaired) electrons. The van der Waals surface area contributed by atoms with Gasteiger partial charge in [-0.1, -0.05) is 24.1 Å². The van der Waals surface area contributed by atoms with Crippen LogP contribution in [0.3, 0.4) is 0 Å². The van der Waals surface area contributed by atoms with Gasteiger partial charge < -0.3 is 0 Å². The van der Waals surface area contributed by atoms with E-state index < -0.39 is 107 Å². The molecule has 5 aromatic rings. The lowest BCUT2D eigenvalue weighted by Gasteiger charge is -2.22. The molecule has 326 valence electrons. The SMILES string of the molecule is Cn1nc(CS(=O)(=O)C2CC2)c2cccc(-c3ccc(C#CC(C)(C)S(=O)(=O)C4CC4)nc3[C@@H](CC(=O)Cn3nc(C(F)F)c4c3C(F)(F)[C@@H]3C[C@H]43)Cc3cc(F)cc(F)c3)c21. The smallest absolute Gasteiger partial charge is 0.293 e. The van der Waals surface area contributed by atoms with Gasteiger partial charge in [0.05, 0.1) is 33.2 Å². The maximum Gasteiger partial charge on any atom is 0.293 e. The Morgan fingerprint density at radius 2 is 1.63 bits per heavy atom. The minimum atomic E-state index is -3.64. The Labute approximate surface area is 353 Å². The number of sulfone groups is 2. The first-order valence-corrected chi connectivity index (χ1v) is 23.6. The monoisotopic (exact) mass is 897 g/mol. The van der Waals surface area contributed by atoms with Crippen molar-refractivity contribution in [3.05, 3.63) is 99.8 Å². The van der Waals surface area contributed by atoms with E-state index in [1.54, 1.807) is 37.4 Å². The maximum atomic E-state index is 15.5. The van der Waals surface area contributed by atoms with Crippen LogP contribution in [0.25, 0.3) is 22.0 Å². The van der Waals surface area contributed by atoms with Crippen molar-refractivity contribution in [3.8, 4) is 23.0 Å². The molecule has 18 heteroatoms. The summed E-state index contributed by atoms with van der Waals surface area (Å²) in [7, 11) is -5.50. The molecule has 9 rings (SSSR count). The molecule has 0 saturated heterocycles. The number of para-hydroxylation sites is 1. The highest BCUT2D eigenvalue weighted by Gasteiger charge is 2.67. The fourth-order valence-electron chi connectivity index (χ4n) is 9.00. The molecule has 0 spiro atoms. The van der Waals surface area contributed by atoms with E-state index in [-0.39, 0.29) is 41.1 Å². The van der Waals surface area contributed by atoms with Crippen LogP contribution < -0.4 is 0 Å². The van der Waals surface area contributed by atoms with Gasteiger partial charge in [-0.2, -0.15) is 19.0 Å². The quantitative estimate of drug-likeness (QED) is 0.0809. The molecule has 0 amide bonds. The molecule has 3 heterocycles. The molecule has 0 aliphatic heterocycles. The second kappa shape index (κ2) is 14.8. The van der Waals surface area contributed by atoms with Crippen LogP contribution in [0.2, 0.25) is 0 Å². The standard InChI is InChI=1S/C44H41F6N5O5S2/c1-43(2,62(59,60)30-10-11-30)14-13-27-7-12-31(32-5-4-6-33-36(52-54(3)40(32)33)22-61(57,58)29-8-9-29)38(51-27)24(15-23-16-25(45)19-26(46)17-23)18-28(56)21-55-41-37(39(53-55)42(47)48)34-20-35(34)44(41,49)50/h4-7,12,16-17,19,24,29-30,34-35,42H,8-11,15,18,20-22H2,1-3H3/t24-,34+,35-/m1/s1. The third-order valence-corrected chi connectivity index (χ3v) is 17.5. The Balaban J connectivity index is 1.18. The van der Waals surface area contributed by atoms with Gasteiger partial charge in [0.25, 0.3) is 12.3 Å². The molecule has 62 heavy (non-hydrogen) atoms. The molecule has 3 aromatic heterocycles. The van der Waals surface area contributed by atoms with Crippen molar-refractivity contribution in [2.45, 2.75) is 111 Å². The highest BCUT2D eigenvalue weighted by molar-refractivity contribution is 7.93. The van der Waals surface area contributed by atoms with Crippen molar-refractivity contribution in [1.82, 2.24) is 24.5 Å². The summed E-state index contributed by atoms with van der Waals surface area (Å²) >= 11 is 0. The van der Waals surface area contributed by atoms with E-state index >= 15 is 8.78 Å². The van der Waals surface area contributed by atoms with Crippen LogP contribution >= 0.6 is 0 Å². The number of halogens is 6. The second-order valence-electron chi connectivity index (χ2n) is 17.5. The minimum absolute atomic E-state index is 0.0320. The second-order valence-corrected chi connectivity index (χ2v) is 22.6. The molecule has 3 saturated carbocycles. The summed E-state index contributed by atoms with van der Waals surface area (Å²) in [6.07, 6.45) is -1.66. The van der Waals surface area contributed by atoms with Crippen LogP contribution in [0.4, 0.5) is 26.3 Å². The first-order valence-electron chi connectivity index (χ1n) is 20.3. The summed E-state index contributed by atoms with van der Waals surface area (Å²) in [5.74, 6) is -3.61. The zero-order valence-electron chi connectivity index (χ0n) is 33.8. The summed E-state index contributed by atoms with van der Waals surface area (Å²) in [6, 6.07) is 11.2. The van der Waals surface area contributed by atoms with Crippen LogP contribution in [-0.4, -0.2) is 62.4 Å². The zero-order valence-corrected chi connectivity index (χ0v) is 35.4. The summed E-state index contributed by atoms with van der Waals surface area (Å²) in [4.78, 5) is 19.1. The zero-order chi connectivity index (χ0) is 44.3. The van der Waals surface area contributed by atoms with Crippen molar-refractivity contribution < 1.29 is 48.0 Å². The number of carbonyl (C=O) groups excluding carboxylic acids is 1. The highest BCUT2D eigenvalue weighted by atomic mass is 32.2. The molecule has 3 fully saturated rings. The van der Waals surface area contributed by atoms with Gasteiger partial charge in [-0.05, 0) is 94.0 Å². The van der Waals surface area contributed by atoms with E-state index in [0.717, 1.165) is 12.1 Å². The molecule has 3 atom stereocenters. The van der Waals surface area contributed by atoms with E-state index in [4.69, 9.17) is 4.98 Å². The fourth-order valence-corrected chi connectivity index (χ4v) is 12.5. The maximum absolute atomic E-state index is 15.5. The van der Waals surface area contributed by atoms with Crippen LogP contribution in [0.5, 0.6) is 0 Å². The van der Waals surface area contributed by atoms with E-state index in [2.05, 4.69) is 22.0 Å². The van der Waals surface area contributed by atoms with Crippen LogP contribution in [0.1, 0.15) is 110 Å². The number of aromatic nitrogens is 5. The number of carbonyl (C=O) groups is 1. The van der Waals surface area contributed by atoms with Crippen LogP contribution in [-0.2, 0) is 56.2 Å². The number of hydrogen-bond acceptors (Lipinski definition) is 8. The normalized spacial score (nSPS) is 19.9. The Morgan fingerprint density at radius 1 is 0.935 bits per heavy atom. The predicted molar refractivity (Wildman–Crippen MR) is 217 cm³/mol. The number of aryl methyl sites for hydroxylation is 1. The molecule has 4 aliphatic rings. The van der Waals surface area contributed by atoms with Gasteiger partial charge in [-0.3, -0.25) is 14.2 Å². The molecule has 10 nitrogen and oxygen atoms in total. The average Bonchev–Trinajstić information content (AvgIpc) is 4.07. The van der Waals surface area contributed by atoms with Gasteiger partial charge in [0.1, 0.15) is 40.0 Å². The van der Waals surface area contributed by atoms with Gasteiger partial charge in [0.15, 0.2) is 25.5 Å². The lowest BCUT2D eigenvalue weighted by Crippen LogP contribution is -2.33. The van der Waals surface area contributed by atoms with Gasteiger partial charge in [-0.25, -0.2) is 39.4 Å². The Hall–Kier alpha value is -5.02. The van der Waals surface area contributed by atoms with Crippen molar-refractivity contribution in [2.75, 3.05) is 0 Å². The number of alkyl halides is 4. The summed E-state index contributed by atoms with van der Waals surface area (Å²) in [5.41, 5.74) is 0.303. The van der Waals surface area contributed by atoms with E-state index in [0.29, 0.717) is 64.2 Å². The Bertz CT molecular complexity index is 2960. The summed E-state index contributed by atoms with van der Waals surface area (Å²) < 4.78 is 142. The number of pyridine rings is 1. The van der Waals surface area contributed by atoms with Crippen molar-refractivity contribution in [2.24, 2.45) is 13.0 Å². The van der Waals surface area contributed by atoms with Gasteiger partial charge in [-0.15, -0.1) is 0 Å². The number of hydrogen-bond donors (Lipinski definition) is 0. The van der Waals surface area contributed by atoms with Crippen LogP contribution in [0, 0.1) is 29.4 Å². The lowest BCUT2D eigenvalue weighted by atomic mass is 9.86. The van der Waals surface area contributed by atoms with Gasteiger partial charge >= 0.3 is 0 Å². The average molecular weight is 898 g/mol.